The maximum absolute atomic E-state index is 14.4. The van der Waals surface area contributed by atoms with E-state index in [0.29, 0.717) is 5.75 Å². The molecule has 0 radical (unpaired) electrons. The summed E-state index contributed by atoms with van der Waals surface area (Å²) in [5, 5.41) is 3.48. The summed E-state index contributed by atoms with van der Waals surface area (Å²) in [5.41, 5.74) is 0.792. The molecule has 0 heterocycles. The third-order valence-electron chi connectivity index (χ3n) is 5.46. The summed E-state index contributed by atoms with van der Waals surface area (Å²) < 4.78 is 19.5. The van der Waals surface area contributed by atoms with E-state index in [2.05, 4.69) is 12.2 Å². The lowest BCUT2D eigenvalue weighted by Crippen LogP contribution is -2.26. The van der Waals surface area contributed by atoms with Gasteiger partial charge in [-0.25, -0.2) is 4.39 Å². The number of benzene rings is 1. The molecule has 0 aromatic heterocycles. The number of hydrogen-bond acceptors (Lipinski definition) is 2. The van der Waals surface area contributed by atoms with Crippen LogP contribution in [-0.2, 0) is 0 Å². The highest BCUT2D eigenvalue weighted by Crippen LogP contribution is 2.51. The second-order valence-electron chi connectivity index (χ2n) is 6.67. The Morgan fingerprint density at radius 2 is 2.19 bits per heavy atom. The smallest absolute Gasteiger partial charge is 0.131 e. The molecule has 4 unspecified atom stereocenters. The zero-order chi connectivity index (χ0) is 14.8. The molecule has 0 aliphatic heterocycles. The van der Waals surface area contributed by atoms with Crippen LogP contribution < -0.4 is 10.1 Å². The molecular weight excluding hydrogens is 265 g/mol. The number of nitrogens with one attached hydrogen (secondary N) is 1. The Morgan fingerprint density at radius 1 is 1.33 bits per heavy atom. The van der Waals surface area contributed by atoms with Crippen LogP contribution in [0.4, 0.5) is 4.39 Å². The summed E-state index contributed by atoms with van der Waals surface area (Å²) in [5.74, 6) is 3.05. The van der Waals surface area contributed by atoms with E-state index in [1.54, 1.807) is 7.11 Å². The van der Waals surface area contributed by atoms with Crippen molar-refractivity contribution in [3.05, 3.63) is 29.6 Å². The van der Waals surface area contributed by atoms with Gasteiger partial charge in [0.15, 0.2) is 0 Å². The van der Waals surface area contributed by atoms with Crippen molar-refractivity contribution in [1.29, 1.82) is 0 Å². The molecule has 2 fully saturated rings. The molecule has 1 aromatic carbocycles. The van der Waals surface area contributed by atoms with E-state index >= 15 is 0 Å². The lowest BCUT2D eigenvalue weighted by atomic mass is 9.82. The minimum Gasteiger partial charge on any atom is -0.497 e. The molecule has 0 saturated heterocycles. The van der Waals surface area contributed by atoms with Crippen LogP contribution >= 0.6 is 0 Å². The van der Waals surface area contributed by atoms with Crippen molar-refractivity contribution in [3.8, 4) is 5.75 Å². The average molecular weight is 291 g/mol. The summed E-state index contributed by atoms with van der Waals surface area (Å²) in [6, 6.07) is 5.38. The third kappa shape index (κ3) is 3.08. The van der Waals surface area contributed by atoms with Crippen LogP contribution in [0.1, 0.15) is 50.6 Å². The summed E-state index contributed by atoms with van der Waals surface area (Å²) in [7, 11) is 1.57. The van der Waals surface area contributed by atoms with Crippen LogP contribution in [0.15, 0.2) is 18.2 Å². The van der Waals surface area contributed by atoms with Crippen molar-refractivity contribution in [3.63, 3.8) is 0 Å². The summed E-state index contributed by atoms with van der Waals surface area (Å²) in [6.07, 6.45) is 6.64. The number of methoxy groups -OCH3 is 1. The van der Waals surface area contributed by atoms with Crippen LogP contribution in [0.3, 0.4) is 0 Å². The Bertz CT molecular complexity index is 490. The van der Waals surface area contributed by atoms with Crippen LogP contribution in [0.25, 0.3) is 0 Å². The van der Waals surface area contributed by atoms with Gasteiger partial charge in [0.05, 0.1) is 7.11 Å². The van der Waals surface area contributed by atoms with E-state index in [9.17, 15) is 4.39 Å². The number of hydrogen-bond donors (Lipinski definition) is 1. The van der Waals surface area contributed by atoms with Crippen LogP contribution in [0.2, 0.25) is 0 Å². The first kappa shape index (κ1) is 14.8. The first-order chi connectivity index (χ1) is 10.2. The van der Waals surface area contributed by atoms with Gasteiger partial charge in [0.1, 0.15) is 11.6 Å². The van der Waals surface area contributed by atoms with Crippen LogP contribution in [0.5, 0.6) is 5.75 Å². The Labute approximate surface area is 127 Å². The van der Waals surface area contributed by atoms with Gasteiger partial charge in [0, 0.05) is 17.7 Å². The zero-order valence-corrected chi connectivity index (χ0v) is 13.1. The third-order valence-corrected chi connectivity index (χ3v) is 5.46. The van der Waals surface area contributed by atoms with E-state index in [-0.39, 0.29) is 11.9 Å². The lowest BCUT2D eigenvalue weighted by Gasteiger charge is -2.28. The molecule has 21 heavy (non-hydrogen) atoms. The molecule has 116 valence electrons. The monoisotopic (exact) mass is 291 g/mol. The molecule has 2 nitrogen and oxygen atoms in total. The molecule has 2 aliphatic carbocycles. The average Bonchev–Trinajstić information content (AvgIpc) is 3.09. The van der Waals surface area contributed by atoms with Crippen molar-refractivity contribution in [2.75, 3.05) is 13.7 Å². The molecule has 1 aromatic rings. The molecule has 0 amide bonds. The van der Waals surface area contributed by atoms with Gasteiger partial charge in [0.2, 0.25) is 0 Å². The lowest BCUT2D eigenvalue weighted by molar-refractivity contribution is 0.278. The Morgan fingerprint density at radius 3 is 2.76 bits per heavy atom. The minimum absolute atomic E-state index is 0.130. The molecule has 2 saturated carbocycles. The van der Waals surface area contributed by atoms with E-state index in [1.165, 1.54) is 31.7 Å². The standard InChI is InChI=1S/C18H26FNO/c1-3-20-18(10-14-9-12-4-5-13(14)8-12)16-7-6-15(21-2)11-17(16)19/h6-7,11-14,18,20H,3-5,8-10H2,1-2H3. The number of halogens is 1. The predicted molar refractivity (Wildman–Crippen MR) is 82.9 cm³/mol. The van der Waals surface area contributed by atoms with Gasteiger partial charge in [-0.15, -0.1) is 0 Å². The number of fused-ring (bicyclic) bond motifs is 2. The Kier molecular flexibility index (Phi) is 4.48. The van der Waals surface area contributed by atoms with Gasteiger partial charge in [-0.2, -0.15) is 0 Å². The highest BCUT2D eigenvalue weighted by atomic mass is 19.1. The molecular formula is C18H26FNO. The molecule has 3 rings (SSSR count). The first-order valence-corrected chi connectivity index (χ1v) is 8.28. The largest absolute Gasteiger partial charge is 0.497 e. The second-order valence-corrected chi connectivity index (χ2v) is 6.67. The van der Waals surface area contributed by atoms with Crippen LogP contribution in [0, 0.1) is 23.6 Å². The summed E-state index contributed by atoms with van der Waals surface area (Å²) in [6.45, 7) is 2.96. The topological polar surface area (TPSA) is 21.3 Å². The van der Waals surface area contributed by atoms with Gasteiger partial charge < -0.3 is 10.1 Å². The maximum Gasteiger partial charge on any atom is 0.131 e. The highest BCUT2D eigenvalue weighted by molar-refractivity contribution is 5.31. The Balaban J connectivity index is 1.74. The number of rotatable bonds is 6. The van der Waals surface area contributed by atoms with Crippen molar-refractivity contribution in [2.24, 2.45) is 17.8 Å². The van der Waals surface area contributed by atoms with Gasteiger partial charge in [0.25, 0.3) is 0 Å². The van der Waals surface area contributed by atoms with Crippen molar-refractivity contribution >= 4 is 0 Å². The second kappa shape index (κ2) is 6.35. The molecule has 1 N–H and O–H groups in total. The van der Waals surface area contributed by atoms with E-state index in [4.69, 9.17) is 4.74 Å². The fraction of sp³-hybridized carbons (Fsp3) is 0.667. The van der Waals surface area contributed by atoms with Gasteiger partial charge in [-0.3, -0.25) is 0 Å². The quantitative estimate of drug-likeness (QED) is 0.843. The predicted octanol–water partition coefficient (Wildman–Crippen LogP) is 4.31. The van der Waals surface area contributed by atoms with Crippen molar-refractivity contribution in [1.82, 2.24) is 5.32 Å². The molecule has 3 heteroatoms. The SMILES string of the molecule is CCNC(CC1CC2CCC1C2)c1ccc(OC)cc1F. The number of ether oxygens (including phenoxy) is 1. The van der Waals surface area contributed by atoms with Gasteiger partial charge in [-0.05, 0) is 56.0 Å². The molecule has 2 bridgehead atoms. The van der Waals surface area contributed by atoms with Gasteiger partial charge in [-0.1, -0.05) is 19.4 Å². The van der Waals surface area contributed by atoms with Crippen LogP contribution in [-0.4, -0.2) is 13.7 Å². The molecule has 4 atom stereocenters. The normalized spacial score (nSPS) is 28.8. The minimum atomic E-state index is -0.150. The summed E-state index contributed by atoms with van der Waals surface area (Å²) in [4.78, 5) is 0. The van der Waals surface area contributed by atoms with Gasteiger partial charge >= 0.3 is 0 Å². The summed E-state index contributed by atoms with van der Waals surface area (Å²) >= 11 is 0. The fourth-order valence-electron chi connectivity index (χ4n) is 4.45. The zero-order valence-electron chi connectivity index (χ0n) is 13.1. The van der Waals surface area contributed by atoms with Crippen molar-refractivity contribution in [2.45, 2.75) is 45.1 Å². The maximum atomic E-state index is 14.4. The Hall–Kier alpha value is -1.09. The van der Waals surface area contributed by atoms with Crippen molar-refractivity contribution < 1.29 is 9.13 Å². The highest BCUT2D eigenvalue weighted by Gasteiger charge is 2.40. The molecule has 0 spiro atoms. The van der Waals surface area contributed by atoms with E-state index < -0.39 is 0 Å². The van der Waals surface area contributed by atoms with E-state index in [1.807, 2.05) is 12.1 Å². The fourth-order valence-corrected chi connectivity index (χ4v) is 4.45. The van der Waals surface area contributed by atoms with E-state index in [0.717, 1.165) is 36.3 Å². The first-order valence-electron chi connectivity index (χ1n) is 8.28. The molecule has 2 aliphatic rings.